The minimum Gasteiger partial charge on any atom is -0.497 e. The van der Waals surface area contributed by atoms with Crippen molar-refractivity contribution in [3.8, 4) is 5.75 Å². The van der Waals surface area contributed by atoms with Crippen LogP contribution in [0.3, 0.4) is 0 Å². The molecule has 0 aliphatic carbocycles. The fraction of sp³-hybridized carbons (Fsp3) is 0.421. The molecule has 0 bridgehead atoms. The van der Waals surface area contributed by atoms with E-state index in [0.29, 0.717) is 23.9 Å². The van der Waals surface area contributed by atoms with Gasteiger partial charge in [0, 0.05) is 6.54 Å². The van der Waals surface area contributed by atoms with Gasteiger partial charge in [-0.3, -0.25) is 4.79 Å². The second-order valence-electron chi connectivity index (χ2n) is 7.14. The quantitative estimate of drug-likeness (QED) is 0.398. The number of hydrogen-bond acceptors (Lipinski definition) is 10. The molecule has 1 aromatic heterocycles. The molecule has 0 spiro atoms. The average molecular weight is 416 g/mol. The maximum absolute atomic E-state index is 12.3. The summed E-state index contributed by atoms with van der Waals surface area (Å²) in [5, 5.41) is 26.7. The summed E-state index contributed by atoms with van der Waals surface area (Å²) >= 11 is 0. The van der Waals surface area contributed by atoms with Gasteiger partial charge in [-0.05, 0) is 17.7 Å². The van der Waals surface area contributed by atoms with E-state index in [1.807, 2.05) is 12.1 Å². The van der Waals surface area contributed by atoms with E-state index in [-0.39, 0.29) is 24.7 Å². The second-order valence-corrected chi connectivity index (χ2v) is 7.14. The number of amides is 1. The van der Waals surface area contributed by atoms with Gasteiger partial charge in [-0.15, -0.1) is 0 Å². The summed E-state index contributed by atoms with van der Waals surface area (Å²) in [7, 11) is 1.58. The molecule has 1 aromatic carbocycles. The topological polar surface area (TPSA) is 155 Å². The Bertz CT molecular complexity index is 911. The first kappa shape index (κ1) is 20.1. The van der Waals surface area contributed by atoms with E-state index >= 15 is 0 Å². The third-order valence-corrected chi connectivity index (χ3v) is 5.22. The number of anilines is 3. The number of nitrogen functional groups attached to an aromatic ring is 1. The number of benzene rings is 1. The van der Waals surface area contributed by atoms with Crippen LogP contribution in [0.15, 0.2) is 30.6 Å². The van der Waals surface area contributed by atoms with Crippen LogP contribution in [0, 0.1) is 0 Å². The highest BCUT2D eigenvalue weighted by Crippen LogP contribution is 2.37. The number of methoxy groups -OCH3 is 1. The Morgan fingerprint density at radius 3 is 2.83 bits per heavy atom. The van der Waals surface area contributed by atoms with E-state index in [9.17, 15) is 15.0 Å². The lowest BCUT2D eigenvalue weighted by molar-refractivity contribution is -0.121. The van der Waals surface area contributed by atoms with Gasteiger partial charge >= 0.3 is 0 Å². The molecule has 160 valence electrons. The van der Waals surface area contributed by atoms with Crippen LogP contribution < -0.4 is 26.0 Å². The van der Waals surface area contributed by atoms with Gasteiger partial charge in [0.25, 0.3) is 0 Å². The lowest BCUT2D eigenvalue weighted by Crippen LogP contribution is -2.44. The van der Waals surface area contributed by atoms with Crippen molar-refractivity contribution in [2.24, 2.45) is 0 Å². The number of aliphatic hydroxyl groups is 2. The Balaban J connectivity index is 1.35. The molecular formula is C19H24N6O5. The summed E-state index contributed by atoms with van der Waals surface area (Å²) in [6.07, 6.45) is -2.46. The predicted molar refractivity (Wildman–Crippen MR) is 108 cm³/mol. The van der Waals surface area contributed by atoms with Crippen molar-refractivity contribution >= 4 is 23.2 Å². The molecule has 11 heteroatoms. The molecule has 1 fully saturated rings. The zero-order valence-electron chi connectivity index (χ0n) is 16.4. The van der Waals surface area contributed by atoms with E-state index in [1.165, 1.54) is 6.33 Å². The zero-order chi connectivity index (χ0) is 21.3. The van der Waals surface area contributed by atoms with Crippen LogP contribution in [0.1, 0.15) is 5.56 Å². The normalized spacial score (nSPS) is 25.0. The van der Waals surface area contributed by atoms with Gasteiger partial charge in [0.1, 0.15) is 36.1 Å². The molecule has 2 aromatic rings. The van der Waals surface area contributed by atoms with Crippen molar-refractivity contribution in [1.82, 2.24) is 15.3 Å². The van der Waals surface area contributed by atoms with E-state index in [4.69, 9.17) is 15.2 Å². The monoisotopic (exact) mass is 416 g/mol. The Hall–Kier alpha value is -3.15. The first-order chi connectivity index (χ1) is 14.5. The minimum absolute atomic E-state index is 0.0593. The first-order valence-electron chi connectivity index (χ1n) is 9.50. The number of nitrogens with two attached hydrogens (primary N) is 1. The first-order valence-corrected chi connectivity index (χ1v) is 9.50. The number of nitrogens with zero attached hydrogens (tertiary/aromatic N) is 3. The standard InChI is InChI=1S/C19H24N6O5/c1-29-11-4-2-10(3-5-11)6-13(26)21-7-12-15(27)16(28)19(30-12)25-9-24-14-17(20)22-8-23-18(14)25/h2-5,8,12,15-16,19,24,27-28H,6-7,9H2,1H3,(H,21,26)(H2,20,22,23). The molecule has 4 rings (SSSR count). The highest BCUT2D eigenvalue weighted by atomic mass is 16.6. The molecule has 4 atom stereocenters. The number of nitrogens with one attached hydrogen (secondary N) is 2. The third kappa shape index (κ3) is 3.82. The lowest BCUT2D eigenvalue weighted by Gasteiger charge is -2.26. The van der Waals surface area contributed by atoms with Crippen LogP contribution in [0.25, 0.3) is 0 Å². The Labute approximate surface area is 172 Å². The molecule has 2 aliphatic rings. The number of rotatable bonds is 6. The summed E-state index contributed by atoms with van der Waals surface area (Å²) in [4.78, 5) is 22.0. The van der Waals surface area contributed by atoms with E-state index in [2.05, 4.69) is 20.6 Å². The molecule has 6 N–H and O–H groups in total. The summed E-state index contributed by atoms with van der Waals surface area (Å²) < 4.78 is 11.0. The zero-order valence-corrected chi connectivity index (χ0v) is 16.4. The fourth-order valence-corrected chi connectivity index (χ4v) is 3.59. The highest BCUT2D eigenvalue weighted by molar-refractivity contribution is 5.80. The van der Waals surface area contributed by atoms with Gasteiger partial charge in [-0.25, -0.2) is 9.97 Å². The molecule has 0 radical (unpaired) electrons. The van der Waals surface area contributed by atoms with Crippen LogP contribution in [-0.4, -0.2) is 71.0 Å². The van der Waals surface area contributed by atoms with Gasteiger partial charge in [0.2, 0.25) is 5.91 Å². The third-order valence-electron chi connectivity index (χ3n) is 5.22. The van der Waals surface area contributed by atoms with Crippen molar-refractivity contribution in [1.29, 1.82) is 0 Å². The van der Waals surface area contributed by atoms with Crippen molar-refractivity contribution in [3.63, 3.8) is 0 Å². The van der Waals surface area contributed by atoms with E-state index in [0.717, 1.165) is 5.56 Å². The summed E-state index contributed by atoms with van der Waals surface area (Å²) in [5.74, 6) is 1.27. The summed E-state index contributed by atoms with van der Waals surface area (Å²) in [5.41, 5.74) is 7.22. The Morgan fingerprint density at radius 2 is 2.10 bits per heavy atom. The van der Waals surface area contributed by atoms with Crippen molar-refractivity contribution in [2.75, 3.05) is 36.3 Å². The summed E-state index contributed by atoms with van der Waals surface area (Å²) in [6, 6.07) is 7.19. The molecule has 1 saturated heterocycles. The molecule has 30 heavy (non-hydrogen) atoms. The van der Waals surface area contributed by atoms with Gasteiger partial charge in [-0.2, -0.15) is 0 Å². The number of hydrogen-bond donors (Lipinski definition) is 5. The fourth-order valence-electron chi connectivity index (χ4n) is 3.59. The van der Waals surface area contributed by atoms with Crippen LogP contribution in [0.2, 0.25) is 0 Å². The van der Waals surface area contributed by atoms with E-state index in [1.54, 1.807) is 24.1 Å². The Morgan fingerprint density at radius 1 is 1.33 bits per heavy atom. The second kappa shape index (κ2) is 8.30. The molecule has 4 unspecified atom stereocenters. The number of aromatic nitrogens is 2. The van der Waals surface area contributed by atoms with E-state index < -0.39 is 24.5 Å². The highest BCUT2D eigenvalue weighted by Gasteiger charge is 2.47. The SMILES string of the molecule is COc1ccc(CC(=O)NCC2OC(N3CNc4c(N)ncnc43)C(O)C2O)cc1. The van der Waals surface area contributed by atoms with Crippen LogP contribution in [0.4, 0.5) is 17.3 Å². The molecule has 0 saturated carbocycles. The van der Waals surface area contributed by atoms with Crippen LogP contribution >= 0.6 is 0 Å². The molecule has 11 nitrogen and oxygen atoms in total. The van der Waals surface area contributed by atoms with Crippen molar-refractivity contribution in [2.45, 2.75) is 31.0 Å². The number of carbonyl (C=O) groups is 1. The number of fused-ring (bicyclic) bond motifs is 1. The predicted octanol–water partition coefficient (Wildman–Crippen LogP) is -0.938. The Kier molecular flexibility index (Phi) is 5.57. The van der Waals surface area contributed by atoms with Gasteiger partial charge in [0.15, 0.2) is 17.9 Å². The van der Waals surface area contributed by atoms with Gasteiger partial charge in [0.05, 0.1) is 20.2 Å². The molecule has 1 amide bonds. The minimum atomic E-state index is -1.18. The average Bonchev–Trinajstić information content (AvgIpc) is 3.30. The molecular weight excluding hydrogens is 392 g/mol. The van der Waals surface area contributed by atoms with Crippen molar-refractivity contribution in [3.05, 3.63) is 36.2 Å². The van der Waals surface area contributed by atoms with Crippen LogP contribution in [0.5, 0.6) is 5.75 Å². The molecule has 2 aliphatic heterocycles. The van der Waals surface area contributed by atoms with Crippen molar-refractivity contribution < 1.29 is 24.5 Å². The van der Waals surface area contributed by atoms with Gasteiger partial charge < -0.3 is 41.0 Å². The number of aliphatic hydroxyl groups excluding tert-OH is 2. The molecule has 3 heterocycles. The largest absolute Gasteiger partial charge is 0.497 e. The number of ether oxygens (including phenoxy) is 2. The van der Waals surface area contributed by atoms with Gasteiger partial charge in [-0.1, -0.05) is 12.1 Å². The lowest BCUT2D eigenvalue weighted by atomic mass is 10.1. The number of carbonyl (C=O) groups excluding carboxylic acids is 1. The maximum Gasteiger partial charge on any atom is 0.224 e. The van der Waals surface area contributed by atoms with Crippen LogP contribution in [-0.2, 0) is 16.0 Å². The smallest absolute Gasteiger partial charge is 0.224 e. The summed E-state index contributed by atoms with van der Waals surface area (Å²) in [6.45, 7) is 0.354. The maximum atomic E-state index is 12.3.